The Bertz CT molecular complexity index is 1010. The van der Waals surface area contributed by atoms with Crippen molar-refractivity contribution in [2.24, 2.45) is 0 Å². The van der Waals surface area contributed by atoms with Crippen LogP contribution in [0.2, 0.25) is 0 Å². The van der Waals surface area contributed by atoms with Gasteiger partial charge < -0.3 is 9.84 Å². The van der Waals surface area contributed by atoms with Gasteiger partial charge in [-0.25, -0.2) is 0 Å². The molecule has 2 saturated carbocycles. The fraction of sp³-hybridized carbons (Fsp3) is 0.409. The van der Waals surface area contributed by atoms with E-state index in [2.05, 4.69) is 44.7 Å². The number of nitrogens with zero attached hydrogens (tertiary/aromatic N) is 3. The second-order valence-corrected chi connectivity index (χ2v) is 8.23. The average Bonchev–Trinajstić information content (AvgIpc) is 3.33. The Hall–Kier alpha value is -2.74. The smallest absolute Gasteiger partial charge is 0.334 e. The van der Waals surface area contributed by atoms with Crippen molar-refractivity contribution in [3.8, 4) is 11.5 Å². The van der Waals surface area contributed by atoms with E-state index in [9.17, 15) is 13.2 Å². The van der Waals surface area contributed by atoms with Gasteiger partial charge in [-0.2, -0.15) is 18.2 Å². The van der Waals surface area contributed by atoms with Crippen molar-refractivity contribution in [2.45, 2.75) is 49.2 Å². The van der Waals surface area contributed by atoms with Crippen LogP contribution >= 0.6 is 0 Å². The zero-order chi connectivity index (χ0) is 20.8. The van der Waals surface area contributed by atoms with Crippen LogP contribution < -0.4 is 5.32 Å². The van der Waals surface area contributed by atoms with E-state index >= 15 is 0 Å². The molecule has 2 aliphatic rings. The monoisotopic (exact) mass is 414 g/mol. The van der Waals surface area contributed by atoms with Gasteiger partial charge in [0.1, 0.15) is 5.69 Å². The molecule has 2 heterocycles. The highest BCUT2D eigenvalue weighted by Gasteiger charge is 2.46. The van der Waals surface area contributed by atoms with Gasteiger partial charge in [0, 0.05) is 30.1 Å². The summed E-state index contributed by atoms with van der Waals surface area (Å²) in [5.41, 5.74) is 0.623. The molecule has 156 valence electrons. The summed E-state index contributed by atoms with van der Waals surface area (Å²) in [6, 6.07) is 13.2. The maximum atomic E-state index is 12.7. The second-order valence-electron chi connectivity index (χ2n) is 8.23. The van der Waals surface area contributed by atoms with Gasteiger partial charge in [-0.05, 0) is 37.0 Å². The summed E-state index contributed by atoms with van der Waals surface area (Å²) in [7, 11) is 0. The van der Waals surface area contributed by atoms with E-state index in [1.807, 2.05) is 6.07 Å². The Morgan fingerprint density at radius 2 is 1.90 bits per heavy atom. The molecule has 0 bridgehead atoms. The average molecular weight is 414 g/mol. The van der Waals surface area contributed by atoms with E-state index in [0.29, 0.717) is 23.3 Å². The molecule has 0 spiro atoms. The Balaban J connectivity index is 1.26. The third-order valence-electron chi connectivity index (χ3n) is 6.23. The lowest BCUT2D eigenvalue weighted by atomic mass is 9.68. The van der Waals surface area contributed by atoms with Crippen LogP contribution in [0.15, 0.2) is 53.2 Å². The summed E-state index contributed by atoms with van der Waals surface area (Å²) in [6.07, 6.45) is 0.802. The second kappa shape index (κ2) is 7.19. The fourth-order valence-corrected chi connectivity index (χ4v) is 4.14. The van der Waals surface area contributed by atoms with Crippen LogP contribution in [0.4, 0.5) is 13.2 Å². The predicted molar refractivity (Wildman–Crippen MR) is 104 cm³/mol. The number of benzene rings is 1. The first-order chi connectivity index (χ1) is 14.4. The molecular formula is C22H21F3N4O. The van der Waals surface area contributed by atoms with Gasteiger partial charge in [0.05, 0.1) is 5.56 Å². The summed E-state index contributed by atoms with van der Waals surface area (Å²) >= 11 is 0. The molecule has 0 radical (unpaired) electrons. The first-order valence-corrected chi connectivity index (χ1v) is 10.1. The van der Waals surface area contributed by atoms with Crippen LogP contribution in [0.5, 0.6) is 0 Å². The molecule has 5 rings (SSSR count). The fourth-order valence-electron chi connectivity index (χ4n) is 4.14. The van der Waals surface area contributed by atoms with Crippen molar-refractivity contribution >= 4 is 0 Å². The minimum atomic E-state index is -4.47. The molecule has 0 amide bonds. The predicted octanol–water partition coefficient (Wildman–Crippen LogP) is 4.72. The van der Waals surface area contributed by atoms with Crippen molar-refractivity contribution in [3.05, 3.63) is 65.7 Å². The number of aromatic nitrogens is 3. The summed E-state index contributed by atoms with van der Waals surface area (Å²) in [4.78, 5) is 7.97. The SMILES string of the molecule is FC(F)(F)c1ccc(-c2nc(C3(CN[C@H]4C[C@@H]4c4ccccc4)CCC3)no2)cn1. The molecule has 3 aromatic rings. The van der Waals surface area contributed by atoms with Crippen molar-refractivity contribution in [1.82, 2.24) is 20.4 Å². The van der Waals surface area contributed by atoms with Crippen molar-refractivity contribution in [3.63, 3.8) is 0 Å². The lowest BCUT2D eigenvalue weighted by molar-refractivity contribution is -0.141. The molecule has 1 N–H and O–H groups in total. The summed E-state index contributed by atoms with van der Waals surface area (Å²) in [6.45, 7) is 0.769. The standard InChI is InChI=1S/C22H21F3N4O/c23-22(24,25)18-8-7-15(12-26-18)19-28-20(29-30-19)21(9-4-10-21)13-27-17-11-16(17)14-5-2-1-3-6-14/h1-3,5-8,12,16-17,27H,4,9-11,13H2/t16-,17+/m1/s1. The van der Waals surface area contributed by atoms with Crippen LogP contribution in [0, 0.1) is 0 Å². The minimum Gasteiger partial charge on any atom is -0.334 e. The van der Waals surface area contributed by atoms with Crippen LogP contribution in [0.25, 0.3) is 11.5 Å². The van der Waals surface area contributed by atoms with E-state index in [-0.39, 0.29) is 11.3 Å². The topological polar surface area (TPSA) is 63.8 Å². The van der Waals surface area contributed by atoms with Gasteiger partial charge in [0.2, 0.25) is 0 Å². The number of alkyl halides is 3. The molecule has 0 saturated heterocycles. The lowest BCUT2D eigenvalue weighted by Gasteiger charge is -2.39. The zero-order valence-electron chi connectivity index (χ0n) is 16.2. The highest BCUT2D eigenvalue weighted by Crippen LogP contribution is 2.45. The number of hydrogen-bond acceptors (Lipinski definition) is 5. The molecule has 2 atom stereocenters. The quantitative estimate of drug-likeness (QED) is 0.633. The van der Waals surface area contributed by atoms with Gasteiger partial charge >= 0.3 is 6.18 Å². The first kappa shape index (κ1) is 19.2. The molecule has 8 heteroatoms. The highest BCUT2D eigenvalue weighted by molar-refractivity contribution is 5.51. The minimum absolute atomic E-state index is 0.176. The number of hydrogen-bond donors (Lipinski definition) is 1. The number of rotatable bonds is 6. The third-order valence-corrected chi connectivity index (χ3v) is 6.23. The van der Waals surface area contributed by atoms with Crippen molar-refractivity contribution < 1.29 is 17.7 Å². The Morgan fingerprint density at radius 3 is 2.53 bits per heavy atom. The molecule has 2 fully saturated rings. The molecule has 0 unspecified atom stereocenters. The maximum Gasteiger partial charge on any atom is 0.433 e. The summed E-state index contributed by atoms with van der Waals surface area (Å²) < 4.78 is 43.5. The van der Waals surface area contributed by atoms with Crippen molar-refractivity contribution in [2.75, 3.05) is 6.54 Å². The van der Waals surface area contributed by atoms with Gasteiger partial charge in [-0.3, -0.25) is 4.98 Å². The van der Waals surface area contributed by atoms with E-state index in [0.717, 1.165) is 44.5 Å². The molecular weight excluding hydrogens is 393 g/mol. The third kappa shape index (κ3) is 3.60. The van der Waals surface area contributed by atoms with Crippen molar-refractivity contribution in [1.29, 1.82) is 0 Å². The normalized spacial score (nSPS) is 22.5. The van der Waals surface area contributed by atoms with E-state index < -0.39 is 11.9 Å². The van der Waals surface area contributed by atoms with Crippen LogP contribution in [0.1, 0.15) is 48.7 Å². The Morgan fingerprint density at radius 1 is 1.10 bits per heavy atom. The summed E-state index contributed by atoms with van der Waals surface area (Å²) in [5.74, 6) is 1.36. The number of halogens is 3. The van der Waals surface area contributed by atoms with Gasteiger partial charge in [-0.1, -0.05) is 41.9 Å². The Labute approximate surface area is 171 Å². The van der Waals surface area contributed by atoms with Crippen LogP contribution in [-0.2, 0) is 11.6 Å². The number of nitrogens with one attached hydrogen (secondary N) is 1. The molecule has 1 aromatic carbocycles. The van der Waals surface area contributed by atoms with Gasteiger partial charge in [0.25, 0.3) is 5.89 Å². The summed E-state index contributed by atoms with van der Waals surface area (Å²) in [5, 5.41) is 7.82. The van der Waals surface area contributed by atoms with Gasteiger partial charge in [-0.15, -0.1) is 0 Å². The molecule has 2 aliphatic carbocycles. The lowest BCUT2D eigenvalue weighted by Crippen LogP contribution is -2.45. The molecule has 2 aromatic heterocycles. The highest BCUT2D eigenvalue weighted by atomic mass is 19.4. The maximum absolute atomic E-state index is 12.7. The van der Waals surface area contributed by atoms with Crippen LogP contribution in [0.3, 0.4) is 0 Å². The first-order valence-electron chi connectivity index (χ1n) is 10.1. The zero-order valence-corrected chi connectivity index (χ0v) is 16.2. The molecule has 5 nitrogen and oxygen atoms in total. The van der Waals surface area contributed by atoms with E-state index in [4.69, 9.17) is 4.52 Å². The largest absolute Gasteiger partial charge is 0.433 e. The van der Waals surface area contributed by atoms with E-state index in [1.54, 1.807) is 0 Å². The van der Waals surface area contributed by atoms with E-state index in [1.165, 1.54) is 11.6 Å². The van der Waals surface area contributed by atoms with Crippen LogP contribution in [-0.4, -0.2) is 27.7 Å². The Kier molecular flexibility index (Phi) is 4.61. The van der Waals surface area contributed by atoms with Gasteiger partial charge in [0.15, 0.2) is 5.82 Å². The molecule has 0 aliphatic heterocycles. The molecule has 30 heavy (non-hydrogen) atoms. The number of pyridine rings is 1.